The van der Waals surface area contributed by atoms with Crippen molar-refractivity contribution in [3.63, 3.8) is 0 Å². The zero-order chi connectivity index (χ0) is 22.7. The molecule has 4 unspecified atom stereocenters. The minimum absolute atomic E-state index is 0.234. The molecule has 4 heteroatoms. The molecule has 3 aliphatic rings. The van der Waals surface area contributed by atoms with Gasteiger partial charge in [-0.25, -0.2) is 0 Å². The van der Waals surface area contributed by atoms with Crippen LogP contribution >= 0.6 is 0 Å². The second-order valence-electron chi connectivity index (χ2n) is 9.51. The van der Waals surface area contributed by atoms with Gasteiger partial charge in [-0.3, -0.25) is 0 Å². The summed E-state index contributed by atoms with van der Waals surface area (Å²) in [5.41, 5.74) is 5.01. The highest BCUT2D eigenvalue weighted by Crippen LogP contribution is 2.50. The highest BCUT2D eigenvalue weighted by atomic mass is 16.5. The number of fused-ring (bicyclic) bond motifs is 3. The van der Waals surface area contributed by atoms with E-state index in [0.717, 1.165) is 37.4 Å². The van der Waals surface area contributed by atoms with E-state index in [1.807, 2.05) is 18.2 Å². The van der Waals surface area contributed by atoms with Gasteiger partial charge in [0.1, 0.15) is 24.7 Å². The number of hydrogen-bond donors (Lipinski definition) is 1. The molecule has 2 heterocycles. The third-order valence-corrected chi connectivity index (χ3v) is 7.28. The fourth-order valence-electron chi connectivity index (χ4n) is 5.47. The number of anilines is 1. The van der Waals surface area contributed by atoms with Gasteiger partial charge in [-0.2, -0.15) is 0 Å². The fourth-order valence-corrected chi connectivity index (χ4v) is 5.47. The molecule has 3 aromatic rings. The standard InChI is InChI=1S/C30H31NO3/c1-2-6-21(7-3-1)19-33-23-13-11-22(12-14-23)30-27-10-4-9-26(27)28-18-24(15-16-29(28)31-30)34-20-25-8-5-17-32-25/h1-4,6-7,9,11-16,18,25-27,30-31H,5,8,10,17,19-20H2. The van der Waals surface area contributed by atoms with Crippen LogP contribution in [0, 0.1) is 5.92 Å². The molecule has 0 bridgehead atoms. The molecule has 3 aromatic carbocycles. The minimum Gasteiger partial charge on any atom is -0.491 e. The van der Waals surface area contributed by atoms with Gasteiger partial charge in [-0.05, 0) is 72.2 Å². The van der Waals surface area contributed by atoms with E-state index in [4.69, 9.17) is 14.2 Å². The summed E-state index contributed by atoms with van der Waals surface area (Å²) in [5.74, 6) is 2.74. The molecular formula is C30H31NO3. The maximum atomic E-state index is 6.09. The summed E-state index contributed by atoms with van der Waals surface area (Å²) in [4.78, 5) is 0. The van der Waals surface area contributed by atoms with Crippen molar-refractivity contribution >= 4 is 5.69 Å². The molecule has 0 amide bonds. The highest BCUT2D eigenvalue weighted by Gasteiger charge is 2.38. The van der Waals surface area contributed by atoms with Crippen molar-refractivity contribution in [1.29, 1.82) is 0 Å². The summed E-state index contributed by atoms with van der Waals surface area (Å²) in [6.45, 7) is 2.08. The van der Waals surface area contributed by atoms with Gasteiger partial charge in [0.2, 0.25) is 0 Å². The van der Waals surface area contributed by atoms with E-state index in [0.29, 0.717) is 25.0 Å². The summed E-state index contributed by atoms with van der Waals surface area (Å²) < 4.78 is 17.8. The van der Waals surface area contributed by atoms with E-state index >= 15 is 0 Å². The Morgan fingerprint density at radius 3 is 2.59 bits per heavy atom. The van der Waals surface area contributed by atoms with Gasteiger partial charge in [-0.15, -0.1) is 0 Å². The number of benzene rings is 3. The topological polar surface area (TPSA) is 39.7 Å². The van der Waals surface area contributed by atoms with Crippen LogP contribution in [0.5, 0.6) is 11.5 Å². The lowest BCUT2D eigenvalue weighted by Crippen LogP contribution is -2.29. The Morgan fingerprint density at radius 1 is 0.912 bits per heavy atom. The second kappa shape index (κ2) is 9.55. The van der Waals surface area contributed by atoms with Crippen molar-refractivity contribution < 1.29 is 14.2 Å². The molecule has 1 aliphatic carbocycles. The summed E-state index contributed by atoms with van der Waals surface area (Å²) in [7, 11) is 0. The van der Waals surface area contributed by atoms with Crippen molar-refractivity contribution in [2.24, 2.45) is 5.92 Å². The summed E-state index contributed by atoms with van der Waals surface area (Å²) in [5, 5.41) is 3.83. The number of allylic oxidation sites excluding steroid dienone is 2. The van der Waals surface area contributed by atoms with Crippen LogP contribution in [0.15, 0.2) is 84.9 Å². The summed E-state index contributed by atoms with van der Waals surface area (Å²) in [6.07, 6.45) is 8.25. The first-order chi connectivity index (χ1) is 16.8. The third kappa shape index (κ3) is 4.43. The molecule has 34 heavy (non-hydrogen) atoms. The van der Waals surface area contributed by atoms with E-state index < -0.39 is 0 Å². The van der Waals surface area contributed by atoms with Crippen LogP contribution < -0.4 is 14.8 Å². The maximum Gasteiger partial charge on any atom is 0.119 e. The maximum absolute atomic E-state index is 6.09. The van der Waals surface area contributed by atoms with Crippen molar-refractivity contribution in [1.82, 2.24) is 0 Å². The molecule has 2 aliphatic heterocycles. The van der Waals surface area contributed by atoms with Gasteiger partial charge >= 0.3 is 0 Å². The Balaban J connectivity index is 1.16. The minimum atomic E-state index is 0.234. The third-order valence-electron chi connectivity index (χ3n) is 7.28. The van der Waals surface area contributed by atoms with Crippen LogP contribution in [0.25, 0.3) is 0 Å². The normalized spacial score (nSPS) is 24.8. The van der Waals surface area contributed by atoms with Gasteiger partial charge in [0.15, 0.2) is 0 Å². The smallest absolute Gasteiger partial charge is 0.119 e. The number of ether oxygens (including phenoxy) is 3. The van der Waals surface area contributed by atoms with Gasteiger partial charge in [0.05, 0.1) is 12.1 Å². The Labute approximate surface area is 201 Å². The number of nitrogens with one attached hydrogen (secondary N) is 1. The van der Waals surface area contributed by atoms with Crippen LogP contribution in [-0.4, -0.2) is 19.3 Å². The van der Waals surface area contributed by atoms with E-state index in [9.17, 15) is 0 Å². The summed E-state index contributed by atoms with van der Waals surface area (Å²) in [6, 6.07) is 25.6. The Kier molecular flexibility index (Phi) is 5.99. The average molecular weight is 454 g/mol. The molecule has 174 valence electrons. The zero-order valence-electron chi connectivity index (χ0n) is 19.4. The molecule has 4 atom stereocenters. The number of hydrogen-bond acceptors (Lipinski definition) is 4. The van der Waals surface area contributed by atoms with E-state index in [1.165, 1.54) is 22.4 Å². The Bertz CT molecular complexity index is 1140. The van der Waals surface area contributed by atoms with Crippen molar-refractivity contribution in [2.75, 3.05) is 18.5 Å². The van der Waals surface area contributed by atoms with Crippen LogP contribution in [0.3, 0.4) is 0 Å². The SMILES string of the molecule is C1=CC2c3cc(OCC4CCCO4)ccc3NC(c3ccc(OCc4ccccc4)cc3)C2C1. The second-order valence-corrected chi connectivity index (χ2v) is 9.51. The van der Waals surface area contributed by atoms with Crippen LogP contribution in [0.4, 0.5) is 5.69 Å². The van der Waals surface area contributed by atoms with Gasteiger partial charge < -0.3 is 19.5 Å². The van der Waals surface area contributed by atoms with Crippen molar-refractivity contribution in [2.45, 2.75) is 43.9 Å². The largest absolute Gasteiger partial charge is 0.491 e. The summed E-state index contributed by atoms with van der Waals surface area (Å²) >= 11 is 0. The lowest BCUT2D eigenvalue weighted by atomic mass is 9.77. The van der Waals surface area contributed by atoms with Crippen molar-refractivity contribution in [3.8, 4) is 11.5 Å². The predicted molar refractivity (Wildman–Crippen MR) is 134 cm³/mol. The predicted octanol–water partition coefficient (Wildman–Crippen LogP) is 6.65. The average Bonchev–Trinajstić information content (AvgIpc) is 3.59. The Hall–Kier alpha value is -3.24. The molecule has 6 rings (SSSR count). The molecule has 1 saturated heterocycles. The molecule has 0 saturated carbocycles. The zero-order valence-corrected chi connectivity index (χ0v) is 19.4. The van der Waals surface area contributed by atoms with Crippen LogP contribution in [0.2, 0.25) is 0 Å². The van der Waals surface area contributed by atoms with Crippen LogP contribution in [-0.2, 0) is 11.3 Å². The molecule has 0 aromatic heterocycles. The Morgan fingerprint density at radius 2 is 1.76 bits per heavy atom. The molecule has 4 nitrogen and oxygen atoms in total. The van der Waals surface area contributed by atoms with Crippen molar-refractivity contribution in [3.05, 3.63) is 102 Å². The van der Waals surface area contributed by atoms with Gasteiger partial charge in [-0.1, -0.05) is 54.6 Å². The number of rotatable bonds is 7. The van der Waals surface area contributed by atoms with Gasteiger partial charge in [0, 0.05) is 18.2 Å². The fraction of sp³-hybridized carbons (Fsp3) is 0.333. The van der Waals surface area contributed by atoms with E-state index in [2.05, 4.69) is 72.1 Å². The quantitative estimate of drug-likeness (QED) is 0.407. The van der Waals surface area contributed by atoms with Gasteiger partial charge in [0.25, 0.3) is 0 Å². The molecule has 0 spiro atoms. The monoisotopic (exact) mass is 453 g/mol. The first-order valence-electron chi connectivity index (χ1n) is 12.4. The van der Waals surface area contributed by atoms with E-state index in [-0.39, 0.29) is 12.1 Å². The molecule has 1 N–H and O–H groups in total. The molecular weight excluding hydrogens is 422 g/mol. The molecule has 0 radical (unpaired) electrons. The highest BCUT2D eigenvalue weighted by molar-refractivity contribution is 5.61. The molecule has 1 fully saturated rings. The lowest BCUT2D eigenvalue weighted by molar-refractivity contribution is 0.0679. The lowest BCUT2D eigenvalue weighted by Gasteiger charge is -2.37. The first-order valence-corrected chi connectivity index (χ1v) is 12.4. The van der Waals surface area contributed by atoms with Crippen LogP contribution in [0.1, 0.15) is 47.9 Å². The first kappa shape index (κ1) is 21.3. The van der Waals surface area contributed by atoms with E-state index in [1.54, 1.807) is 0 Å².